The van der Waals surface area contributed by atoms with Crippen LogP contribution >= 0.6 is 0 Å². The van der Waals surface area contributed by atoms with Crippen molar-refractivity contribution in [1.82, 2.24) is 10.3 Å². The third kappa shape index (κ3) is 4.65. The molecule has 1 aliphatic carbocycles. The Hall–Kier alpha value is -2.43. The second-order valence-electron chi connectivity index (χ2n) is 7.80. The highest BCUT2D eigenvalue weighted by molar-refractivity contribution is 6.05. The number of esters is 1. The first-order valence-corrected chi connectivity index (χ1v) is 9.82. The number of ether oxygens (including phenoxy) is 1. The Morgan fingerprint density at radius 2 is 1.93 bits per heavy atom. The summed E-state index contributed by atoms with van der Waals surface area (Å²) in [6.07, 6.45) is 4.67. The lowest BCUT2D eigenvalue weighted by atomic mass is 10.0. The van der Waals surface area contributed by atoms with Gasteiger partial charge >= 0.3 is 5.97 Å². The number of carbonyl (C=O) groups excluding carboxylic acids is 2. The van der Waals surface area contributed by atoms with Gasteiger partial charge in [-0.1, -0.05) is 32.0 Å². The number of rotatable bonds is 7. The number of fused-ring (bicyclic) bond motifs is 2. The zero-order valence-electron chi connectivity index (χ0n) is 16.4. The number of aromatic nitrogens is 1. The lowest BCUT2D eigenvalue weighted by molar-refractivity contribution is -0.124. The van der Waals surface area contributed by atoms with Gasteiger partial charge in [0.2, 0.25) is 0 Å². The Morgan fingerprint density at radius 1 is 1.15 bits per heavy atom. The van der Waals surface area contributed by atoms with E-state index in [0.29, 0.717) is 11.5 Å². The quantitative estimate of drug-likeness (QED) is 0.755. The SMILES string of the molecule is CC(C)CC[C@H](C)NC(=O)COC(=O)c1c2c(nc3ccccc13)CCC2. The smallest absolute Gasteiger partial charge is 0.339 e. The van der Waals surface area contributed by atoms with Crippen molar-refractivity contribution in [1.29, 1.82) is 0 Å². The molecule has 1 aromatic heterocycles. The predicted molar refractivity (Wildman–Crippen MR) is 106 cm³/mol. The van der Waals surface area contributed by atoms with E-state index >= 15 is 0 Å². The van der Waals surface area contributed by atoms with E-state index in [2.05, 4.69) is 24.1 Å². The third-order valence-electron chi connectivity index (χ3n) is 5.04. The molecule has 1 amide bonds. The molecule has 0 fully saturated rings. The molecule has 0 saturated heterocycles. The van der Waals surface area contributed by atoms with Gasteiger partial charge < -0.3 is 10.1 Å². The second-order valence-corrected chi connectivity index (χ2v) is 7.80. The van der Waals surface area contributed by atoms with Crippen molar-refractivity contribution < 1.29 is 14.3 Å². The summed E-state index contributed by atoms with van der Waals surface area (Å²) in [6.45, 7) is 6.04. The molecule has 1 heterocycles. The zero-order valence-corrected chi connectivity index (χ0v) is 16.4. The molecule has 5 heteroatoms. The van der Waals surface area contributed by atoms with Crippen LogP contribution in [0.3, 0.4) is 0 Å². The summed E-state index contributed by atoms with van der Waals surface area (Å²) in [6, 6.07) is 7.69. The number of pyridine rings is 1. The first-order valence-electron chi connectivity index (χ1n) is 9.82. The van der Waals surface area contributed by atoms with Crippen LogP contribution in [0.4, 0.5) is 0 Å². The number of para-hydroxylation sites is 1. The van der Waals surface area contributed by atoms with Gasteiger partial charge in [-0.2, -0.15) is 0 Å². The Bertz CT molecular complexity index is 845. The number of benzene rings is 1. The van der Waals surface area contributed by atoms with Crippen LogP contribution in [0, 0.1) is 5.92 Å². The molecule has 27 heavy (non-hydrogen) atoms. The molecule has 3 rings (SSSR count). The topological polar surface area (TPSA) is 68.3 Å². The molecule has 144 valence electrons. The monoisotopic (exact) mass is 368 g/mol. The number of hydrogen-bond acceptors (Lipinski definition) is 4. The highest BCUT2D eigenvalue weighted by atomic mass is 16.5. The van der Waals surface area contributed by atoms with Crippen molar-refractivity contribution >= 4 is 22.8 Å². The van der Waals surface area contributed by atoms with Gasteiger partial charge in [-0.15, -0.1) is 0 Å². The maximum absolute atomic E-state index is 12.8. The molecule has 0 bridgehead atoms. The average molecular weight is 368 g/mol. The molecule has 0 radical (unpaired) electrons. The fourth-order valence-electron chi connectivity index (χ4n) is 3.62. The van der Waals surface area contributed by atoms with Gasteiger partial charge in [-0.05, 0) is 56.6 Å². The van der Waals surface area contributed by atoms with E-state index in [1.54, 1.807) is 0 Å². The molecule has 1 atom stereocenters. The summed E-state index contributed by atoms with van der Waals surface area (Å²) in [5, 5.41) is 3.70. The highest BCUT2D eigenvalue weighted by Crippen LogP contribution is 2.30. The van der Waals surface area contributed by atoms with Crippen molar-refractivity contribution in [2.75, 3.05) is 6.61 Å². The summed E-state index contributed by atoms with van der Waals surface area (Å²) in [4.78, 5) is 29.6. The lowest BCUT2D eigenvalue weighted by Gasteiger charge is -2.16. The maximum Gasteiger partial charge on any atom is 0.339 e. The van der Waals surface area contributed by atoms with Crippen LogP contribution in [0.2, 0.25) is 0 Å². The first kappa shape index (κ1) is 19.3. The number of aryl methyl sites for hydroxylation is 1. The van der Waals surface area contributed by atoms with Crippen LogP contribution in [0.15, 0.2) is 24.3 Å². The summed E-state index contributed by atoms with van der Waals surface area (Å²) < 4.78 is 5.37. The van der Waals surface area contributed by atoms with Crippen LogP contribution in [0.5, 0.6) is 0 Å². The van der Waals surface area contributed by atoms with Gasteiger partial charge in [-0.25, -0.2) is 4.79 Å². The van der Waals surface area contributed by atoms with Gasteiger partial charge in [0.15, 0.2) is 6.61 Å². The van der Waals surface area contributed by atoms with Crippen LogP contribution in [-0.4, -0.2) is 29.5 Å². The average Bonchev–Trinajstić information content (AvgIpc) is 3.10. The van der Waals surface area contributed by atoms with Crippen LogP contribution in [-0.2, 0) is 22.4 Å². The number of amides is 1. The summed E-state index contributed by atoms with van der Waals surface area (Å²) in [5.41, 5.74) is 3.34. The van der Waals surface area contributed by atoms with Gasteiger partial charge in [0.1, 0.15) is 0 Å². The summed E-state index contributed by atoms with van der Waals surface area (Å²) >= 11 is 0. The van der Waals surface area contributed by atoms with Gasteiger partial charge in [0.05, 0.1) is 11.1 Å². The Balaban J connectivity index is 1.68. The number of nitrogens with one attached hydrogen (secondary N) is 1. The van der Waals surface area contributed by atoms with E-state index in [0.717, 1.165) is 54.3 Å². The van der Waals surface area contributed by atoms with Crippen LogP contribution in [0.1, 0.15) is 61.6 Å². The van der Waals surface area contributed by atoms with Gasteiger partial charge in [-0.3, -0.25) is 9.78 Å². The van der Waals surface area contributed by atoms with Crippen molar-refractivity contribution in [3.05, 3.63) is 41.1 Å². The summed E-state index contributed by atoms with van der Waals surface area (Å²) in [5.74, 6) is -0.0874. The predicted octanol–water partition coefficient (Wildman–Crippen LogP) is 3.82. The fraction of sp³-hybridized carbons (Fsp3) is 0.500. The number of carbonyl (C=O) groups is 2. The number of hydrogen-bond donors (Lipinski definition) is 1. The molecule has 0 saturated carbocycles. The second kappa shape index (κ2) is 8.51. The molecular formula is C22H28N2O3. The van der Waals surface area contributed by atoms with Crippen LogP contribution < -0.4 is 5.32 Å². The normalized spacial score (nSPS) is 14.2. The molecule has 0 aliphatic heterocycles. The minimum atomic E-state index is -0.434. The molecule has 0 spiro atoms. The summed E-state index contributed by atoms with van der Waals surface area (Å²) in [7, 11) is 0. The zero-order chi connectivity index (χ0) is 19.4. The number of nitrogens with zero attached hydrogens (tertiary/aromatic N) is 1. The van der Waals surface area contributed by atoms with E-state index < -0.39 is 5.97 Å². The molecule has 2 aromatic rings. The third-order valence-corrected chi connectivity index (χ3v) is 5.04. The van der Waals surface area contributed by atoms with E-state index in [-0.39, 0.29) is 18.6 Å². The molecular weight excluding hydrogens is 340 g/mol. The molecule has 1 aromatic carbocycles. The van der Waals surface area contributed by atoms with Crippen molar-refractivity contribution in [3.8, 4) is 0 Å². The van der Waals surface area contributed by atoms with Gasteiger partial charge in [0, 0.05) is 17.1 Å². The molecule has 5 nitrogen and oxygen atoms in total. The van der Waals surface area contributed by atoms with Crippen molar-refractivity contribution in [2.45, 2.75) is 58.9 Å². The van der Waals surface area contributed by atoms with Crippen molar-refractivity contribution in [2.24, 2.45) is 5.92 Å². The molecule has 1 aliphatic rings. The minimum Gasteiger partial charge on any atom is -0.452 e. The van der Waals surface area contributed by atoms with E-state index in [4.69, 9.17) is 4.74 Å². The Kier molecular flexibility index (Phi) is 6.09. The van der Waals surface area contributed by atoms with Gasteiger partial charge in [0.25, 0.3) is 5.91 Å². The highest BCUT2D eigenvalue weighted by Gasteiger charge is 2.25. The van der Waals surface area contributed by atoms with Crippen LogP contribution in [0.25, 0.3) is 10.9 Å². The lowest BCUT2D eigenvalue weighted by Crippen LogP contribution is -2.36. The maximum atomic E-state index is 12.8. The van der Waals surface area contributed by atoms with Crippen molar-refractivity contribution in [3.63, 3.8) is 0 Å². The first-order chi connectivity index (χ1) is 13.0. The fourth-order valence-corrected chi connectivity index (χ4v) is 3.62. The molecule has 1 N–H and O–H groups in total. The Labute approximate surface area is 160 Å². The Morgan fingerprint density at radius 3 is 2.70 bits per heavy atom. The van der Waals surface area contributed by atoms with E-state index in [1.165, 1.54) is 0 Å². The largest absolute Gasteiger partial charge is 0.452 e. The molecule has 0 unspecified atom stereocenters. The minimum absolute atomic E-state index is 0.0737. The van der Waals surface area contributed by atoms with E-state index in [1.807, 2.05) is 31.2 Å². The van der Waals surface area contributed by atoms with E-state index in [9.17, 15) is 9.59 Å². The standard InChI is InChI=1S/C22H28N2O3/c1-14(2)11-12-15(3)23-20(25)13-27-22(26)21-16-7-4-5-9-18(16)24-19-10-6-8-17(19)21/h4-5,7,9,14-15H,6,8,10-13H2,1-3H3,(H,23,25)/t15-/m0/s1.